The van der Waals surface area contributed by atoms with E-state index < -0.39 is 10.1 Å². The second-order valence-electron chi connectivity index (χ2n) is 5.08. The third-order valence-electron chi connectivity index (χ3n) is 3.53. The van der Waals surface area contributed by atoms with Crippen LogP contribution in [0.15, 0.2) is 9.89 Å². The quantitative estimate of drug-likeness (QED) is 0.614. The van der Waals surface area contributed by atoms with E-state index in [2.05, 4.69) is 14.9 Å². The molecule has 1 aromatic rings. The molecule has 1 aliphatic rings. The Bertz CT molecular complexity index is 616. The van der Waals surface area contributed by atoms with Crippen LogP contribution in [0.4, 0.5) is 0 Å². The van der Waals surface area contributed by atoms with Crippen molar-refractivity contribution in [1.82, 2.24) is 9.88 Å². The van der Waals surface area contributed by atoms with E-state index in [1.165, 1.54) is 0 Å². The van der Waals surface area contributed by atoms with Crippen LogP contribution >= 0.6 is 0 Å². The maximum absolute atomic E-state index is 11.3. The lowest BCUT2D eigenvalue weighted by atomic mass is 10.3. The minimum atomic E-state index is -4.21. The molecule has 1 aliphatic heterocycles. The van der Waals surface area contributed by atoms with Crippen LogP contribution in [-0.2, 0) is 14.9 Å². The van der Waals surface area contributed by atoms with E-state index in [-0.39, 0.29) is 4.90 Å². The van der Waals surface area contributed by atoms with E-state index in [9.17, 15) is 13.0 Å². The Kier molecular flexibility index (Phi) is 5.15. The maximum Gasteiger partial charge on any atom is 0.296 e. The first-order chi connectivity index (χ1) is 9.89. The summed E-state index contributed by atoms with van der Waals surface area (Å²) in [6, 6.07) is 0. The van der Waals surface area contributed by atoms with Gasteiger partial charge in [-0.3, -0.25) is 14.4 Å². The predicted octanol–water partition coefficient (Wildman–Crippen LogP) is 0.629. The van der Waals surface area contributed by atoms with Gasteiger partial charge in [0.1, 0.15) is 4.90 Å². The zero-order valence-corrected chi connectivity index (χ0v) is 13.1. The van der Waals surface area contributed by atoms with Crippen LogP contribution < -0.4 is 0 Å². The number of hydrogen-bond acceptors (Lipinski definition) is 5. The van der Waals surface area contributed by atoms with Gasteiger partial charge in [-0.1, -0.05) is 0 Å². The summed E-state index contributed by atoms with van der Waals surface area (Å²) in [4.78, 5) is 9.47. The molecule has 0 saturated carbocycles. The molecule has 0 bridgehead atoms. The molecule has 2 rings (SSSR count). The third kappa shape index (κ3) is 4.13. The standard InChI is InChI=1S/C13H21N3O4S/c1-10-12(15-11(2)13(10)21(17,18)19)9-14-3-4-16-5-7-20-8-6-16/h9,15H,3-8H2,1-2H3,(H,17,18,19). The lowest BCUT2D eigenvalue weighted by Crippen LogP contribution is -2.37. The largest absolute Gasteiger partial charge is 0.379 e. The van der Waals surface area contributed by atoms with Gasteiger partial charge in [-0.15, -0.1) is 0 Å². The van der Waals surface area contributed by atoms with Gasteiger partial charge in [-0.05, 0) is 19.4 Å². The average molecular weight is 315 g/mol. The van der Waals surface area contributed by atoms with Crippen molar-refractivity contribution in [2.45, 2.75) is 18.7 Å². The predicted molar refractivity (Wildman–Crippen MR) is 79.8 cm³/mol. The Morgan fingerprint density at radius 2 is 2.05 bits per heavy atom. The SMILES string of the molecule is Cc1[nH]c(C=NCCN2CCOCC2)c(C)c1S(=O)(=O)O. The van der Waals surface area contributed by atoms with E-state index >= 15 is 0 Å². The van der Waals surface area contributed by atoms with Gasteiger partial charge in [-0.2, -0.15) is 8.42 Å². The summed E-state index contributed by atoms with van der Waals surface area (Å²) in [6.07, 6.45) is 1.62. The van der Waals surface area contributed by atoms with Gasteiger partial charge in [0.25, 0.3) is 10.1 Å². The van der Waals surface area contributed by atoms with Crippen molar-refractivity contribution in [3.63, 3.8) is 0 Å². The second-order valence-corrected chi connectivity index (χ2v) is 6.44. The lowest BCUT2D eigenvalue weighted by molar-refractivity contribution is 0.0395. The zero-order valence-electron chi connectivity index (χ0n) is 12.3. The summed E-state index contributed by atoms with van der Waals surface area (Å²) in [7, 11) is -4.21. The average Bonchev–Trinajstić information content (AvgIpc) is 2.70. The molecule has 0 radical (unpaired) electrons. The van der Waals surface area contributed by atoms with Gasteiger partial charge in [0.2, 0.25) is 0 Å². The highest BCUT2D eigenvalue weighted by Gasteiger charge is 2.20. The molecule has 1 fully saturated rings. The molecule has 21 heavy (non-hydrogen) atoms. The van der Waals surface area contributed by atoms with Crippen LogP contribution in [-0.4, -0.2) is 68.5 Å². The van der Waals surface area contributed by atoms with E-state index in [1.807, 2.05) is 0 Å². The van der Waals surface area contributed by atoms with E-state index in [4.69, 9.17) is 4.74 Å². The Hall–Kier alpha value is -1.22. The number of aromatic nitrogens is 1. The highest BCUT2D eigenvalue weighted by molar-refractivity contribution is 7.86. The summed E-state index contributed by atoms with van der Waals surface area (Å²) in [5.74, 6) is 0. The topological polar surface area (TPSA) is 95.0 Å². The minimum Gasteiger partial charge on any atom is -0.379 e. The number of aromatic amines is 1. The molecule has 8 heteroatoms. The molecule has 1 aromatic heterocycles. The van der Waals surface area contributed by atoms with Crippen LogP contribution in [0, 0.1) is 13.8 Å². The summed E-state index contributed by atoms with van der Waals surface area (Å²) in [5, 5.41) is 0. The molecule has 0 atom stereocenters. The molecule has 0 spiro atoms. The molecule has 1 saturated heterocycles. The van der Waals surface area contributed by atoms with Gasteiger partial charge in [-0.25, -0.2) is 0 Å². The second kappa shape index (κ2) is 6.69. The molecule has 2 N–H and O–H groups in total. The van der Waals surface area contributed by atoms with Crippen LogP contribution in [0.2, 0.25) is 0 Å². The Labute approximate surface area is 124 Å². The summed E-state index contributed by atoms with van der Waals surface area (Å²) in [5.41, 5.74) is 1.52. The van der Waals surface area contributed by atoms with Crippen LogP contribution in [0.25, 0.3) is 0 Å². The van der Waals surface area contributed by atoms with Gasteiger partial charge in [0.15, 0.2) is 0 Å². The first kappa shape index (κ1) is 16.2. The van der Waals surface area contributed by atoms with Crippen LogP contribution in [0.1, 0.15) is 17.0 Å². The summed E-state index contributed by atoms with van der Waals surface area (Å²) < 4.78 is 37.1. The number of aryl methyl sites for hydroxylation is 1. The summed E-state index contributed by atoms with van der Waals surface area (Å²) >= 11 is 0. The first-order valence-electron chi connectivity index (χ1n) is 6.86. The minimum absolute atomic E-state index is 0.0582. The van der Waals surface area contributed by atoms with Gasteiger partial charge in [0, 0.05) is 31.5 Å². The number of H-pyrrole nitrogens is 1. The molecular formula is C13H21N3O4S. The van der Waals surface area contributed by atoms with E-state index in [1.54, 1.807) is 20.1 Å². The van der Waals surface area contributed by atoms with Crippen molar-refractivity contribution in [1.29, 1.82) is 0 Å². The smallest absolute Gasteiger partial charge is 0.296 e. The Morgan fingerprint density at radius 3 is 2.62 bits per heavy atom. The maximum atomic E-state index is 11.3. The van der Waals surface area contributed by atoms with Crippen molar-refractivity contribution in [2.75, 3.05) is 39.4 Å². The Morgan fingerprint density at radius 1 is 1.38 bits per heavy atom. The number of hydrogen-bond donors (Lipinski definition) is 2. The summed E-state index contributed by atoms with van der Waals surface area (Å²) in [6.45, 7) is 8.11. The monoisotopic (exact) mass is 315 g/mol. The van der Waals surface area contributed by atoms with E-state index in [0.717, 1.165) is 32.8 Å². The zero-order chi connectivity index (χ0) is 15.5. The van der Waals surface area contributed by atoms with Crippen molar-refractivity contribution >= 4 is 16.3 Å². The van der Waals surface area contributed by atoms with Crippen LogP contribution in [0.3, 0.4) is 0 Å². The van der Waals surface area contributed by atoms with E-state index in [0.29, 0.717) is 23.5 Å². The highest BCUT2D eigenvalue weighted by Crippen LogP contribution is 2.21. The van der Waals surface area contributed by atoms with Gasteiger partial charge >= 0.3 is 0 Å². The fraction of sp³-hybridized carbons (Fsp3) is 0.615. The van der Waals surface area contributed by atoms with Crippen molar-refractivity contribution in [3.05, 3.63) is 17.0 Å². The molecule has 118 valence electrons. The fourth-order valence-corrected chi connectivity index (χ4v) is 3.39. The number of aliphatic imine (C=N–C) groups is 1. The number of nitrogens with one attached hydrogen (secondary N) is 1. The van der Waals surface area contributed by atoms with Crippen LogP contribution in [0.5, 0.6) is 0 Å². The highest BCUT2D eigenvalue weighted by atomic mass is 32.2. The molecule has 0 amide bonds. The van der Waals surface area contributed by atoms with Crippen molar-refractivity contribution in [2.24, 2.45) is 4.99 Å². The number of nitrogens with zero attached hydrogens (tertiary/aromatic N) is 2. The first-order valence-corrected chi connectivity index (χ1v) is 8.30. The van der Waals surface area contributed by atoms with Gasteiger partial charge in [0.05, 0.1) is 25.5 Å². The molecule has 0 unspecified atom stereocenters. The third-order valence-corrected chi connectivity index (χ3v) is 4.66. The normalized spacial score (nSPS) is 17.7. The number of ether oxygens (including phenoxy) is 1. The fourth-order valence-electron chi connectivity index (χ4n) is 2.45. The van der Waals surface area contributed by atoms with Crippen molar-refractivity contribution < 1.29 is 17.7 Å². The molecule has 0 aromatic carbocycles. The number of rotatable bonds is 5. The van der Waals surface area contributed by atoms with Gasteiger partial charge < -0.3 is 9.72 Å². The van der Waals surface area contributed by atoms with Crippen molar-refractivity contribution in [3.8, 4) is 0 Å². The lowest BCUT2D eigenvalue weighted by Gasteiger charge is -2.25. The number of morpholine rings is 1. The molecule has 2 heterocycles. The molecule has 7 nitrogen and oxygen atoms in total. The molecule has 0 aliphatic carbocycles. The Balaban J connectivity index is 1.98. The molecular weight excluding hydrogens is 294 g/mol.